The first-order valence-corrected chi connectivity index (χ1v) is 11.1. The van der Waals surface area contributed by atoms with Crippen molar-refractivity contribution >= 4 is 29.0 Å². The molecule has 0 aliphatic carbocycles. The van der Waals surface area contributed by atoms with E-state index in [0.717, 1.165) is 32.0 Å². The van der Waals surface area contributed by atoms with Gasteiger partial charge in [-0.15, -0.1) is 0 Å². The van der Waals surface area contributed by atoms with Crippen LogP contribution in [0.5, 0.6) is 11.5 Å². The van der Waals surface area contributed by atoms with Gasteiger partial charge >= 0.3 is 0 Å². The van der Waals surface area contributed by atoms with Crippen molar-refractivity contribution in [3.63, 3.8) is 0 Å². The third kappa shape index (κ3) is 4.94. The Balaban J connectivity index is 1.17. The maximum atomic E-state index is 12.9. The molecule has 9 nitrogen and oxygen atoms in total. The van der Waals surface area contributed by atoms with E-state index in [1.807, 2.05) is 18.2 Å². The fourth-order valence-corrected chi connectivity index (χ4v) is 4.03. The number of nitrogens with one attached hydrogen (secondary N) is 2. The first-order chi connectivity index (χ1) is 16.7. The van der Waals surface area contributed by atoms with Crippen molar-refractivity contribution in [2.24, 2.45) is 0 Å². The van der Waals surface area contributed by atoms with Gasteiger partial charge in [0.05, 0.1) is 17.8 Å². The molecule has 1 aromatic heterocycles. The zero-order chi connectivity index (χ0) is 23.3. The minimum Gasteiger partial charge on any atom is -0.454 e. The predicted molar refractivity (Wildman–Crippen MR) is 128 cm³/mol. The molecule has 0 unspecified atom stereocenters. The van der Waals surface area contributed by atoms with E-state index in [1.165, 1.54) is 0 Å². The molecule has 2 N–H and O–H groups in total. The number of pyridine rings is 1. The highest BCUT2D eigenvalue weighted by atomic mass is 16.7. The maximum absolute atomic E-state index is 12.9. The molecule has 3 heterocycles. The Bertz CT molecular complexity index is 1180. The number of piperazine rings is 1. The van der Waals surface area contributed by atoms with E-state index in [1.54, 1.807) is 48.7 Å². The molecule has 34 heavy (non-hydrogen) atoms. The molecule has 0 spiro atoms. The van der Waals surface area contributed by atoms with Crippen LogP contribution in [0.1, 0.15) is 10.4 Å². The van der Waals surface area contributed by atoms with E-state index in [9.17, 15) is 9.59 Å². The Morgan fingerprint density at radius 3 is 2.50 bits per heavy atom. The van der Waals surface area contributed by atoms with Crippen LogP contribution in [0.3, 0.4) is 0 Å². The summed E-state index contributed by atoms with van der Waals surface area (Å²) in [6.07, 6.45) is 1.79. The minimum absolute atomic E-state index is 0.158. The van der Waals surface area contributed by atoms with E-state index in [-0.39, 0.29) is 25.2 Å². The summed E-state index contributed by atoms with van der Waals surface area (Å²) in [6.45, 7) is 3.55. The fraction of sp³-hybridized carbons (Fsp3) is 0.240. The molecule has 0 bridgehead atoms. The molecule has 5 rings (SSSR count). The summed E-state index contributed by atoms with van der Waals surface area (Å²) in [5.41, 5.74) is 1.44. The van der Waals surface area contributed by atoms with Crippen LogP contribution in [0.2, 0.25) is 0 Å². The van der Waals surface area contributed by atoms with Crippen molar-refractivity contribution in [1.82, 2.24) is 9.88 Å². The van der Waals surface area contributed by atoms with Crippen LogP contribution in [-0.4, -0.2) is 61.2 Å². The van der Waals surface area contributed by atoms with Gasteiger partial charge in [0.2, 0.25) is 12.7 Å². The largest absolute Gasteiger partial charge is 0.454 e. The van der Waals surface area contributed by atoms with Crippen molar-refractivity contribution in [1.29, 1.82) is 0 Å². The van der Waals surface area contributed by atoms with Gasteiger partial charge in [0.15, 0.2) is 11.5 Å². The lowest BCUT2D eigenvalue weighted by Crippen LogP contribution is -2.49. The predicted octanol–water partition coefficient (Wildman–Crippen LogP) is 2.82. The van der Waals surface area contributed by atoms with Crippen LogP contribution in [0.25, 0.3) is 0 Å². The number of para-hydroxylation sites is 1. The Kier molecular flexibility index (Phi) is 6.26. The van der Waals surface area contributed by atoms with Gasteiger partial charge in [0.25, 0.3) is 5.91 Å². The summed E-state index contributed by atoms with van der Waals surface area (Å²) < 4.78 is 10.7. The lowest BCUT2D eigenvalue weighted by Gasteiger charge is -2.34. The number of carbonyl (C=O) groups is 2. The van der Waals surface area contributed by atoms with E-state index in [0.29, 0.717) is 28.4 Å². The monoisotopic (exact) mass is 459 g/mol. The lowest BCUT2D eigenvalue weighted by atomic mass is 10.1. The third-order valence-electron chi connectivity index (χ3n) is 5.79. The number of aromatic nitrogens is 1. The Morgan fingerprint density at radius 1 is 0.882 bits per heavy atom. The van der Waals surface area contributed by atoms with Gasteiger partial charge in [0, 0.05) is 44.1 Å². The lowest BCUT2D eigenvalue weighted by molar-refractivity contribution is -0.117. The van der Waals surface area contributed by atoms with Crippen LogP contribution in [0.15, 0.2) is 66.9 Å². The van der Waals surface area contributed by atoms with E-state index in [2.05, 4.69) is 25.4 Å². The van der Waals surface area contributed by atoms with E-state index >= 15 is 0 Å². The molecule has 0 saturated carbocycles. The molecule has 1 fully saturated rings. The number of nitrogens with zero attached hydrogens (tertiary/aromatic N) is 3. The Morgan fingerprint density at radius 2 is 1.68 bits per heavy atom. The summed E-state index contributed by atoms with van der Waals surface area (Å²) in [7, 11) is 0. The SMILES string of the molecule is O=C(CN1CCN(c2ccccn2)CC1)Nc1ccccc1C(=O)Nc1ccc2c(c1)OCO2. The van der Waals surface area contributed by atoms with Crippen molar-refractivity contribution in [2.45, 2.75) is 0 Å². The topological polar surface area (TPSA) is 96.0 Å². The highest BCUT2D eigenvalue weighted by molar-refractivity contribution is 6.10. The molecule has 1 saturated heterocycles. The van der Waals surface area contributed by atoms with Crippen LogP contribution < -0.4 is 25.0 Å². The second-order valence-corrected chi connectivity index (χ2v) is 8.07. The van der Waals surface area contributed by atoms with Crippen LogP contribution in [0, 0.1) is 0 Å². The first kappa shape index (κ1) is 21.7. The van der Waals surface area contributed by atoms with Gasteiger partial charge < -0.3 is 25.0 Å². The first-order valence-electron chi connectivity index (χ1n) is 11.1. The molecule has 3 aromatic rings. The van der Waals surface area contributed by atoms with Gasteiger partial charge in [-0.2, -0.15) is 0 Å². The summed E-state index contributed by atoms with van der Waals surface area (Å²) in [6, 6.07) is 18.0. The number of fused-ring (bicyclic) bond motifs is 1. The van der Waals surface area contributed by atoms with E-state index < -0.39 is 0 Å². The highest BCUT2D eigenvalue weighted by Crippen LogP contribution is 2.34. The zero-order valence-corrected chi connectivity index (χ0v) is 18.6. The van der Waals surface area contributed by atoms with Gasteiger partial charge in [-0.1, -0.05) is 18.2 Å². The molecule has 0 radical (unpaired) electrons. The highest BCUT2D eigenvalue weighted by Gasteiger charge is 2.21. The van der Waals surface area contributed by atoms with Gasteiger partial charge in [0.1, 0.15) is 5.82 Å². The molecule has 2 aliphatic heterocycles. The second-order valence-electron chi connectivity index (χ2n) is 8.07. The maximum Gasteiger partial charge on any atom is 0.257 e. The molecule has 174 valence electrons. The van der Waals surface area contributed by atoms with E-state index in [4.69, 9.17) is 9.47 Å². The number of hydrogen-bond acceptors (Lipinski definition) is 7. The number of anilines is 3. The number of amides is 2. The normalized spacial score (nSPS) is 15.1. The third-order valence-corrected chi connectivity index (χ3v) is 5.79. The summed E-state index contributed by atoms with van der Waals surface area (Å²) in [4.78, 5) is 34.4. The number of ether oxygens (including phenoxy) is 2. The zero-order valence-electron chi connectivity index (χ0n) is 18.6. The summed E-state index contributed by atoms with van der Waals surface area (Å²) in [5, 5.41) is 5.75. The Labute approximate surface area is 197 Å². The summed E-state index contributed by atoms with van der Waals surface area (Å²) >= 11 is 0. The minimum atomic E-state index is -0.321. The van der Waals surface area contributed by atoms with Crippen LogP contribution in [0.4, 0.5) is 17.2 Å². The van der Waals surface area contributed by atoms with Crippen LogP contribution in [-0.2, 0) is 4.79 Å². The number of benzene rings is 2. The number of carbonyl (C=O) groups excluding carboxylic acids is 2. The van der Waals surface area contributed by atoms with Crippen molar-refractivity contribution in [3.8, 4) is 11.5 Å². The average molecular weight is 460 g/mol. The molecular formula is C25H25N5O4. The number of hydrogen-bond donors (Lipinski definition) is 2. The molecular weight excluding hydrogens is 434 g/mol. The summed E-state index contributed by atoms with van der Waals surface area (Å²) in [5.74, 6) is 1.71. The van der Waals surface area contributed by atoms with Crippen molar-refractivity contribution < 1.29 is 19.1 Å². The standard InChI is InChI=1S/C25H25N5O4/c31-24(16-29-11-13-30(14-12-29)23-7-3-4-10-26-23)28-20-6-2-1-5-19(20)25(32)27-18-8-9-21-22(15-18)34-17-33-21/h1-10,15H,11-14,16-17H2,(H,27,32)(H,28,31). The van der Waals surface area contributed by atoms with Crippen LogP contribution >= 0.6 is 0 Å². The molecule has 9 heteroatoms. The van der Waals surface area contributed by atoms with Crippen molar-refractivity contribution in [2.75, 3.05) is 55.1 Å². The molecule has 2 aromatic carbocycles. The van der Waals surface area contributed by atoms with Gasteiger partial charge in [-0.25, -0.2) is 4.98 Å². The smallest absolute Gasteiger partial charge is 0.257 e. The molecule has 2 aliphatic rings. The average Bonchev–Trinajstić information content (AvgIpc) is 3.33. The van der Waals surface area contributed by atoms with Gasteiger partial charge in [-0.3, -0.25) is 14.5 Å². The molecule has 0 atom stereocenters. The quantitative estimate of drug-likeness (QED) is 0.585. The van der Waals surface area contributed by atoms with Crippen molar-refractivity contribution in [3.05, 3.63) is 72.4 Å². The van der Waals surface area contributed by atoms with Gasteiger partial charge in [-0.05, 0) is 36.4 Å². The Hall–Kier alpha value is -4.11. The fourth-order valence-electron chi connectivity index (χ4n) is 4.03. The number of rotatable bonds is 6. The second kappa shape index (κ2) is 9.80. The molecule has 2 amide bonds.